The second-order valence-corrected chi connectivity index (χ2v) is 2.17. The van der Waals surface area contributed by atoms with Gasteiger partial charge in [-0.15, -0.1) is 0 Å². The third-order valence-corrected chi connectivity index (χ3v) is 1.14. The molecule has 1 heterocycles. The van der Waals surface area contributed by atoms with Crippen LogP contribution in [0.1, 0.15) is 12.8 Å². The summed E-state index contributed by atoms with van der Waals surface area (Å²) in [5.41, 5.74) is 0. The molecule has 0 aromatic rings. The number of hydrogen-bond donors (Lipinski definition) is 0. The van der Waals surface area contributed by atoms with Crippen molar-refractivity contribution in [3.63, 3.8) is 0 Å². The number of alkyl halides is 1. The molecule has 0 amide bonds. The number of halogens is 1. The summed E-state index contributed by atoms with van der Waals surface area (Å²) in [5.74, 6) is 0. The van der Waals surface area contributed by atoms with E-state index in [0.29, 0.717) is 5.33 Å². The number of rotatable bonds is 0. The summed E-state index contributed by atoms with van der Waals surface area (Å²) in [6.45, 7) is 2.00. The van der Waals surface area contributed by atoms with Gasteiger partial charge in [0.05, 0.1) is 11.4 Å². The van der Waals surface area contributed by atoms with E-state index in [-0.39, 0.29) is 0 Å². The molecule has 0 saturated carbocycles. The molecule has 52 valence electrons. The fourth-order valence-corrected chi connectivity index (χ4v) is 0.510. The summed E-state index contributed by atoms with van der Waals surface area (Å²) in [6.07, 6.45) is 2.56. The first-order valence-electron chi connectivity index (χ1n) is 2.92. The zero-order valence-electron chi connectivity index (χ0n) is 5.27. The van der Waals surface area contributed by atoms with E-state index in [1.165, 1.54) is 12.8 Å². The van der Waals surface area contributed by atoms with Crippen LogP contribution in [0.3, 0.4) is 0 Å². The quantitative estimate of drug-likeness (QED) is 0.547. The van der Waals surface area contributed by atoms with Gasteiger partial charge in [-0.05, 0) is 12.8 Å². The summed E-state index contributed by atoms with van der Waals surface area (Å²) >= 11 is 2.89. The maximum Gasteiger partial charge on any atom is 0.0905 e. The van der Waals surface area contributed by atoms with Crippen molar-refractivity contribution in [2.75, 3.05) is 18.5 Å². The normalized spacial score (nSPS) is 15.6. The van der Waals surface area contributed by atoms with Crippen molar-refractivity contribution in [1.82, 2.24) is 0 Å². The molecule has 9 heavy (non-hydrogen) atoms. The summed E-state index contributed by atoms with van der Waals surface area (Å²) in [4.78, 5) is 0. The molecule has 0 spiro atoms. The average Bonchev–Trinajstić information content (AvgIpc) is 2.43. The fourth-order valence-electron chi connectivity index (χ4n) is 0.510. The van der Waals surface area contributed by atoms with Crippen LogP contribution in [0, 0.1) is 11.3 Å². The molecule has 1 aliphatic rings. The van der Waals surface area contributed by atoms with Crippen molar-refractivity contribution in [2.24, 2.45) is 0 Å². The molecule has 1 saturated heterocycles. The lowest BCUT2D eigenvalue weighted by Gasteiger charge is -1.76. The second kappa shape index (κ2) is 7.93. The molecule has 0 aliphatic carbocycles. The minimum absolute atomic E-state index is 0.438. The number of nitrogens with zero attached hydrogens (tertiary/aromatic N) is 1. The highest BCUT2D eigenvalue weighted by Gasteiger charge is 1.94. The van der Waals surface area contributed by atoms with Crippen LogP contribution >= 0.6 is 15.9 Å². The Morgan fingerprint density at radius 3 is 2.00 bits per heavy atom. The maximum atomic E-state index is 7.58. The molecule has 0 unspecified atom stereocenters. The fraction of sp³-hybridized carbons (Fsp3) is 0.833. The van der Waals surface area contributed by atoms with Crippen LogP contribution in [0.2, 0.25) is 0 Å². The summed E-state index contributed by atoms with van der Waals surface area (Å²) < 4.78 is 4.94. The van der Waals surface area contributed by atoms with Crippen LogP contribution < -0.4 is 0 Å². The predicted octanol–water partition coefficient (Wildman–Crippen LogP) is 1.70. The van der Waals surface area contributed by atoms with Crippen LogP contribution in [0.4, 0.5) is 0 Å². The minimum Gasteiger partial charge on any atom is -0.381 e. The van der Waals surface area contributed by atoms with Gasteiger partial charge in [0, 0.05) is 13.2 Å². The first-order valence-corrected chi connectivity index (χ1v) is 4.04. The van der Waals surface area contributed by atoms with Gasteiger partial charge in [0.2, 0.25) is 0 Å². The summed E-state index contributed by atoms with van der Waals surface area (Å²) in [6, 6.07) is 1.85. The molecule has 0 bridgehead atoms. The van der Waals surface area contributed by atoms with Gasteiger partial charge in [0.25, 0.3) is 0 Å². The lowest BCUT2D eigenvalue weighted by Crippen LogP contribution is -1.74. The Balaban J connectivity index is 0.000000148. The molecule has 0 radical (unpaired) electrons. The maximum absolute atomic E-state index is 7.58. The van der Waals surface area contributed by atoms with Crippen molar-refractivity contribution in [1.29, 1.82) is 5.26 Å². The van der Waals surface area contributed by atoms with Gasteiger partial charge in [-0.1, -0.05) is 15.9 Å². The molecular formula is C6H10BrNO. The molecule has 0 aromatic heterocycles. The van der Waals surface area contributed by atoms with Crippen molar-refractivity contribution >= 4 is 15.9 Å². The molecule has 0 N–H and O–H groups in total. The smallest absolute Gasteiger partial charge is 0.0905 e. The average molecular weight is 192 g/mol. The molecular weight excluding hydrogens is 182 g/mol. The van der Waals surface area contributed by atoms with Crippen LogP contribution in [-0.4, -0.2) is 18.5 Å². The van der Waals surface area contributed by atoms with Crippen LogP contribution in [0.5, 0.6) is 0 Å². The van der Waals surface area contributed by atoms with Gasteiger partial charge in [-0.3, -0.25) is 0 Å². The summed E-state index contributed by atoms with van der Waals surface area (Å²) in [7, 11) is 0. The largest absolute Gasteiger partial charge is 0.381 e. The number of nitriles is 1. The molecule has 0 atom stereocenters. The van der Waals surface area contributed by atoms with E-state index in [4.69, 9.17) is 10.00 Å². The Bertz CT molecular complexity index is 77.9. The second-order valence-electron chi connectivity index (χ2n) is 1.61. The molecule has 0 aromatic carbocycles. The lowest BCUT2D eigenvalue weighted by atomic mass is 10.4. The molecule has 1 aliphatic heterocycles. The topological polar surface area (TPSA) is 33.0 Å². The Morgan fingerprint density at radius 1 is 1.44 bits per heavy atom. The van der Waals surface area contributed by atoms with E-state index in [1.807, 2.05) is 6.07 Å². The van der Waals surface area contributed by atoms with Crippen molar-refractivity contribution in [3.05, 3.63) is 0 Å². The van der Waals surface area contributed by atoms with E-state index in [9.17, 15) is 0 Å². The van der Waals surface area contributed by atoms with Crippen LogP contribution in [0.25, 0.3) is 0 Å². The van der Waals surface area contributed by atoms with E-state index >= 15 is 0 Å². The standard InChI is InChI=1S/C4H8O.C2H2BrN/c1-2-4-5-3-1;3-1-2-4/h1-4H2;1H2. The van der Waals surface area contributed by atoms with Crippen LogP contribution in [0.15, 0.2) is 0 Å². The third-order valence-electron chi connectivity index (χ3n) is 0.887. The lowest BCUT2D eigenvalue weighted by molar-refractivity contribution is 0.198. The van der Waals surface area contributed by atoms with Gasteiger partial charge < -0.3 is 4.74 Å². The Hall–Kier alpha value is -0.0700. The van der Waals surface area contributed by atoms with Crippen molar-refractivity contribution in [3.8, 4) is 6.07 Å². The Kier molecular flexibility index (Phi) is 7.87. The minimum atomic E-state index is 0.438. The van der Waals surface area contributed by atoms with Crippen LogP contribution in [-0.2, 0) is 4.74 Å². The highest BCUT2D eigenvalue weighted by atomic mass is 79.9. The zero-order valence-corrected chi connectivity index (χ0v) is 6.85. The number of hydrogen-bond acceptors (Lipinski definition) is 2. The Labute approximate surface area is 63.9 Å². The molecule has 1 fully saturated rings. The predicted molar refractivity (Wildman–Crippen MR) is 39.5 cm³/mol. The van der Waals surface area contributed by atoms with Crippen molar-refractivity contribution in [2.45, 2.75) is 12.8 Å². The van der Waals surface area contributed by atoms with E-state index in [0.717, 1.165) is 13.2 Å². The van der Waals surface area contributed by atoms with Gasteiger partial charge in [0.15, 0.2) is 0 Å². The first kappa shape index (κ1) is 8.93. The summed E-state index contributed by atoms with van der Waals surface area (Å²) in [5, 5.41) is 8.02. The molecule has 3 heteroatoms. The van der Waals surface area contributed by atoms with E-state index < -0.39 is 0 Å². The highest BCUT2D eigenvalue weighted by Crippen LogP contribution is 1.98. The third kappa shape index (κ3) is 7.93. The van der Waals surface area contributed by atoms with Crippen molar-refractivity contribution < 1.29 is 4.74 Å². The molecule has 2 nitrogen and oxygen atoms in total. The van der Waals surface area contributed by atoms with Gasteiger partial charge in [-0.25, -0.2) is 0 Å². The zero-order chi connectivity index (χ0) is 6.95. The number of ether oxygens (including phenoxy) is 1. The monoisotopic (exact) mass is 191 g/mol. The van der Waals surface area contributed by atoms with E-state index in [1.54, 1.807) is 0 Å². The van der Waals surface area contributed by atoms with Gasteiger partial charge in [-0.2, -0.15) is 5.26 Å². The first-order chi connectivity index (χ1) is 4.41. The SMILES string of the molecule is C1CCOC1.N#CCBr. The van der Waals surface area contributed by atoms with E-state index in [2.05, 4.69) is 15.9 Å². The van der Waals surface area contributed by atoms with Gasteiger partial charge in [0.1, 0.15) is 0 Å². The van der Waals surface area contributed by atoms with Gasteiger partial charge >= 0.3 is 0 Å². The molecule has 1 rings (SSSR count). The highest BCUT2D eigenvalue weighted by molar-refractivity contribution is 9.09. The Morgan fingerprint density at radius 2 is 1.89 bits per heavy atom.